The molecule has 9 heavy (non-hydrogen) atoms. The topological polar surface area (TPSA) is 57.2 Å². The van der Waals surface area contributed by atoms with Crippen LogP contribution < -0.4 is 0 Å². The van der Waals surface area contributed by atoms with Crippen LogP contribution in [0.1, 0.15) is 0 Å². The van der Waals surface area contributed by atoms with Gasteiger partial charge in [-0.1, -0.05) is 0 Å². The third-order valence-electron chi connectivity index (χ3n) is 0.283. The van der Waals surface area contributed by atoms with Gasteiger partial charge in [-0.15, -0.1) is 0 Å². The molecule has 0 aliphatic carbocycles. The van der Waals surface area contributed by atoms with Crippen molar-refractivity contribution >= 4 is 10.1 Å². The summed E-state index contributed by atoms with van der Waals surface area (Å²) in [6, 6.07) is 0. The van der Waals surface area contributed by atoms with Crippen molar-refractivity contribution in [3.63, 3.8) is 0 Å². The first-order valence-electron chi connectivity index (χ1n) is 1.27. The van der Waals surface area contributed by atoms with E-state index in [0.717, 1.165) is 0 Å². The maximum absolute atomic E-state index is 10.7. The summed E-state index contributed by atoms with van der Waals surface area (Å²) in [6.07, 6.45) is 0. The zero-order valence-corrected chi connectivity index (χ0v) is 5.54. The SMILES string of the molecule is O=S(=O)([O-])C(F)(F)F.[Fe]. The summed E-state index contributed by atoms with van der Waals surface area (Å²) in [4.78, 5) is 0. The van der Waals surface area contributed by atoms with Gasteiger partial charge in [0.15, 0.2) is 10.1 Å². The quantitative estimate of drug-likeness (QED) is 0.319. The summed E-state index contributed by atoms with van der Waals surface area (Å²) in [6.45, 7) is 0. The van der Waals surface area contributed by atoms with E-state index in [2.05, 4.69) is 0 Å². The molecule has 0 aliphatic heterocycles. The van der Waals surface area contributed by atoms with E-state index in [1.807, 2.05) is 0 Å². The zero-order chi connectivity index (χ0) is 7.00. The molecule has 0 saturated heterocycles. The Morgan fingerprint density at radius 2 is 1.33 bits per heavy atom. The number of hydrogen-bond donors (Lipinski definition) is 0. The first-order chi connectivity index (χ1) is 3.25. The van der Waals surface area contributed by atoms with Gasteiger partial charge in [0.1, 0.15) is 0 Å². The molecule has 0 aromatic heterocycles. The van der Waals surface area contributed by atoms with E-state index in [9.17, 15) is 13.2 Å². The van der Waals surface area contributed by atoms with Gasteiger partial charge in [0.05, 0.1) is 0 Å². The standard InChI is InChI=1S/CHF3O3S.Fe/c2-1(3,4)8(5,6)7;/h(H,5,6,7);/p-1. The number of hydrogen-bond acceptors (Lipinski definition) is 3. The van der Waals surface area contributed by atoms with Gasteiger partial charge in [-0.05, 0) is 0 Å². The van der Waals surface area contributed by atoms with Crippen LogP contribution in [0.2, 0.25) is 0 Å². The fraction of sp³-hybridized carbons (Fsp3) is 1.00. The molecular formula is CF3FeO3S-. The van der Waals surface area contributed by atoms with Crippen LogP contribution in [0, 0.1) is 0 Å². The Labute approximate surface area is 59.5 Å². The van der Waals surface area contributed by atoms with Crippen LogP contribution in [0.15, 0.2) is 0 Å². The molecule has 3 nitrogen and oxygen atoms in total. The van der Waals surface area contributed by atoms with Crippen LogP contribution in [0.4, 0.5) is 13.2 Å². The maximum atomic E-state index is 10.7. The fourth-order valence-corrected chi connectivity index (χ4v) is 0. The van der Waals surface area contributed by atoms with Crippen molar-refractivity contribution < 1.29 is 43.2 Å². The summed E-state index contributed by atoms with van der Waals surface area (Å²) in [5.74, 6) is 0. The Morgan fingerprint density at radius 1 is 1.22 bits per heavy atom. The molecule has 0 spiro atoms. The molecule has 8 heteroatoms. The molecule has 0 saturated carbocycles. The van der Waals surface area contributed by atoms with E-state index in [1.165, 1.54) is 0 Å². The number of halogens is 3. The predicted octanol–water partition coefficient (Wildman–Crippen LogP) is 0.0489. The molecule has 0 N–H and O–H groups in total. The predicted molar refractivity (Wildman–Crippen MR) is 15.8 cm³/mol. The summed E-state index contributed by atoms with van der Waals surface area (Å²) in [5, 5.41) is 0. The molecular weight excluding hydrogens is 205 g/mol. The first kappa shape index (κ1) is 12.0. The third-order valence-corrected chi connectivity index (χ3v) is 0.850. The van der Waals surface area contributed by atoms with E-state index < -0.39 is 15.6 Å². The van der Waals surface area contributed by atoms with Gasteiger partial charge in [-0.25, -0.2) is 8.42 Å². The Hall–Kier alpha value is 0.219. The van der Waals surface area contributed by atoms with E-state index in [0.29, 0.717) is 0 Å². The van der Waals surface area contributed by atoms with Crippen molar-refractivity contribution in [2.45, 2.75) is 5.51 Å². The summed E-state index contributed by atoms with van der Waals surface area (Å²) in [7, 11) is -6.09. The van der Waals surface area contributed by atoms with Crippen molar-refractivity contribution in [3.8, 4) is 0 Å². The largest absolute Gasteiger partial charge is 0.741 e. The zero-order valence-electron chi connectivity index (χ0n) is 3.62. The molecule has 0 aliphatic rings. The minimum Gasteiger partial charge on any atom is -0.741 e. The second kappa shape index (κ2) is 2.87. The molecule has 0 amide bonds. The Balaban J connectivity index is 0. The van der Waals surface area contributed by atoms with Crippen molar-refractivity contribution in [2.75, 3.05) is 0 Å². The van der Waals surface area contributed by atoms with E-state index in [-0.39, 0.29) is 17.1 Å². The van der Waals surface area contributed by atoms with Crippen LogP contribution in [-0.4, -0.2) is 18.5 Å². The summed E-state index contributed by atoms with van der Waals surface area (Å²) < 4.78 is 58.9. The Kier molecular flexibility index (Phi) is 3.81. The first-order valence-corrected chi connectivity index (χ1v) is 2.68. The van der Waals surface area contributed by atoms with Crippen molar-refractivity contribution in [1.29, 1.82) is 0 Å². The second-order valence-electron chi connectivity index (χ2n) is 0.900. The third kappa shape index (κ3) is 3.74. The van der Waals surface area contributed by atoms with Crippen LogP contribution >= 0.6 is 0 Å². The van der Waals surface area contributed by atoms with Crippen LogP contribution in [0.3, 0.4) is 0 Å². The molecule has 0 bridgehead atoms. The minimum atomic E-state index is -6.09. The Bertz CT molecular complexity index is 168. The van der Waals surface area contributed by atoms with Gasteiger partial charge in [-0.3, -0.25) is 0 Å². The molecule has 0 heterocycles. The molecule has 0 aromatic rings. The molecule has 0 fully saturated rings. The molecule has 0 unspecified atom stereocenters. The van der Waals surface area contributed by atoms with Gasteiger partial charge in [-0.2, -0.15) is 13.2 Å². The smallest absolute Gasteiger partial charge is 0.485 e. The van der Waals surface area contributed by atoms with Crippen molar-refractivity contribution in [2.24, 2.45) is 0 Å². The molecule has 0 aromatic carbocycles. The minimum absolute atomic E-state index is 0. The Morgan fingerprint density at radius 3 is 1.33 bits per heavy atom. The molecule has 0 radical (unpaired) electrons. The molecule has 0 atom stereocenters. The van der Waals surface area contributed by atoms with E-state index in [1.54, 1.807) is 0 Å². The normalized spacial score (nSPS) is 12.4. The van der Waals surface area contributed by atoms with Gasteiger partial charge in [0.25, 0.3) is 0 Å². The summed E-state index contributed by atoms with van der Waals surface area (Å²) >= 11 is 0. The van der Waals surface area contributed by atoms with Gasteiger partial charge >= 0.3 is 5.51 Å². The van der Waals surface area contributed by atoms with Gasteiger partial charge in [0, 0.05) is 17.1 Å². The average Bonchev–Trinajstić information content (AvgIpc) is 1.25. The average molecular weight is 205 g/mol. The second-order valence-corrected chi connectivity index (χ2v) is 2.27. The maximum Gasteiger partial charge on any atom is 0.485 e. The van der Waals surface area contributed by atoms with Crippen LogP contribution in [0.25, 0.3) is 0 Å². The van der Waals surface area contributed by atoms with Crippen LogP contribution in [-0.2, 0) is 27.2 Å². The van der Waals surface area contributed by atoms with Crippen molar-refractivity contribution in [3.05, 3.63) is 0 Å². The van der Waals surface area contributed by atoms with Gasteiger partial charge < -0.3 is 4.55 Å². The number of rotatable bonds is 0. The van der Waals surface area contributed by atoms with E-state index >= 15 is 0 Å². The van der Waals surface area contributed by atoms with Crippen LogP contribution in [0.5, 0.6) is 0 Å². The molecule has 58 valence electrons. The fourth-order valence-electron chi connectivity index (χ4n) is 0. The van der Waals surface area contributed by atoms with E-state index in [4.69, 9.17) is 13.0 Å². The monoisotopic (exact) mass is 205 g/mol. The number of alkyl halides is 3. The summed E-state index contributed by atoms with van der Waals surface area (Å²) in [5.41, 5.74) is -5.65. The molecule has 0 rings (SSSR count). The van der Waals surface area contributed by atoms with Crippen molar-refractivity contribution in [1.82, 2.24) is 0 Å². The van der Waals surface area contributed by atoms with Gasteiger partial charge in [0.2, 0.25) is 0 Å².